The summed E-state index contributed by atoms with van der Waals surface area (Å²) in [5.74, 6) is -0.965. The maximum Gasteiger partial charge on any atom is 0.293 e. The first-order chi connectivity index (χ1) is 28.7. The number of nitro groups is 1. The average molecular weight is 850 g/mol. The Hall–Kier alpha value is -6.23. The summed E-state index contributed by atoms with van der Waals surface area (Å²) < 4.78 is 28.8. The second-order valence-corrected chi connectivity index (χ2v) is 17.5. The largest absolute Gasteiger partial charge is 0.378 e. The van der Waals surface area contributed by atoms with Gasteiger partial charge in [-0.1, -0.05) is 48.5 Å². The van der Waals surface area contributed by atoms with Crippen LogP contribution in [-0.4, -0.2) is 107 Å². The molecule has 0 aromatic heterocycles. The minimum absolute atomic E-state index is 0.0346. The molecular weight excluding hydrogens is 803 g/mol. The second-order valence-electron chi connectivity index (χ2n) is 14.7. The molecule has 60 heavy (non-hydrogen) atoms. The number of nitrogens with one attached hydrogen (secondary N) is 2. The highest BCUT2D eigenvalue weighted by molar-refractivity contribution is 8.13. The zero-order valence-electron chi connectivity index (χ0n) is 33.8. The zero-order chi connectivity index (χ0) is 43.0. The van der Waals surface area contributed by atoms with Crippen LogP contribution in [0.15, 0.2) is 131 Å². The van der Waals surface area contributed by atoms with E-state index < -0.39 is 37.5 Å². The van der Waals surface area contributed by atoms with Gasteiger partial charge in [-0.25, -0.2) is 13.1 Å². The molecule has 312 valence electrons. The van der Waals surface area contributed by atoms with Crippen LogP contribution < -0.4 is 19.8 Å². The van der Waals surface area contributed by atoms with Gasteiger partial charge in [-0.15, -0.1) is 0 Å². The van der Waals surface area contributed by atoms with E-state index >= 15 is 0 Å². The van der Waals surface area contributed by atoms with Crippen molar-refractivity contribution >= 4 is 61.5 Å². The third kappa shape index (κ3) is 10.7. The molecular formula is C44H47N7O7S2. The lowest BCUT2D eigenvalue weighted by Crippen LogP contribution is -2.48. The Morgan fingerprint density at radius 1 is 0.817 bits per heavy atom. The number of hydrogen-bond acceptors (Lipinski definition) is 12. The van der Waals surface area contributed by atoms with Gasteiger partial charge in [-0.2, -0.15) is 0 Å². The van der Waals surface area contributed by atoms with Gasteiger partial charge in [-0.3, -0.25) is 24.5 Å². The van der Waals surface area contributed by atoms with Gasteiger partial charge in [-0.05, 0) is 117 Å². The monoisotopic (exact) mass is 849 g/mol. The predicted molar refractivity (Wildman–Crippen MR) is 236 cm³/mol. The minimum atomic E-state index is -4.54. The summed E-state index contributed by atoms with van der Waals surface area (Å²) in [4.78, 5) is 59.7. The van der Waals surface area contributed by atoms with Crippen LogP contribution in [0.2, 0.25) is 0 Å². The summed E-state index contributed by atoms with van der Waals surface area (Å²) in [5.41, 5.74) is 3.78. The number of carbonyl (C=O) groups excluding carboxylic acids is 3. The molecule has 6 rings (SSSR count). The Kier molecular flexibility index (Phi) is 13.9. The first kappa shape index (κ1) is 43.4. The van der Waals surface area contributed by atoms with Gasteiger partial charge in [0.05, 0.1) is 15.9 Å². The number of benzene rings is 5. The molecule has 5 aromatic rings. The molecule has 1 aliphatic rings. The van der Waals surface area contributed by atoms with E-state index in [-0.39, 0.29) is 22.3 Å². The predicted octanol–water partition coefficient (Wildman–Crippen LogP) is 6.46. The van der Waals surface area contributed by atoms with E-state index in [0.29, 0.717) is 49.6 Å². The van der Waals surface area contributed by atoms with Gasteiger partial charge in [0.15, 0.2) is 0 Å². The molecule has 1 fully saturated rings. The molecule has 1 heterocycles. The van der Waals surface area contributed by atoms with E-state index in [4.69, 9.17) is 0 Å². The minimum Gasteiger partial charge on any atom is -0.378 e. The van der Waals surface area contributed by atoms with Crippen LogP contribution in [0.1, 0.15) is 27.1 Å². The van der Waals surface area contributed by atoms with Crippen LogP contribution in [0.25, 0.3) is 11.1 Å². The summed E-state index contributed by atoms with van der Waals surface area (Å²) >= 11 is 1.01. The number of nitrogens with zero attached hydrogens (tertiary/aromatic N) is 5. The van der Waals surface area contributed by atoms with E-state index in [1.54, 1.807) is 36.4 Å². The van der Waals surface area contributed by atoms with Crippen molar-refractivity contribution < 1.29 is 27.7 Å². The first-order valence-corrected chi connectivity index (χ1v) is 21.5. The lowest BCUT2D eigenvalue weighted by molar-refractivity contribution is -0.384. The number of nitro benzene ring substituents is 1. The molecule has 2 amide bonds. The van der Waals surface area contributed by atoms with Crippen LogP contribution in [-0.2, 0) is 14.8 Å². The molecule has 0 bridgehead atoms. The van der Waals surface area contributed by atoms with Crippen molar-refractivity contribution in [3.63, 3.8) is 0 Å². The fraction of sp³-hybridized carbons (Fsp3) is 0.250. The molecule has 1 saturated heterocycles. The van der Waals surface area contributed by atoms with Crippen molar-refractivity contribution in [1.29, 1.82) is 0 Å². The van der Waals surface area contributed by atoms with Crippen molar-refractivity contribution in [3.05, 3.63) is 143 Å². The first-order valence-electron chi connectivity index (χ1n) is 19.2. The van der Waals surface area contributed by atoms with Crippen LogP contribution in [0.5, 0.6) is 0 Å². The van der Waals surface area contributed by atoms with E-state index in [2.05, 4.69) is 10.2 Å². The average Bonchev–Trinajstić information content (AvgIpc) is 3.25. The smallest absolute Gasteiger partial charge is 0.293 e. The fourth-order valence-electron chi connectivity index (χ4n) is 6.71. The number of anilines is 3. The number of sulfonamides is 1. The van der Waals surface area contributed by atoms with Crippen LogP contribution in [0.3, 0.4) is 0 Å². The Morgan fingerprint density at radius 2 is 1.47 bits per heavy atom. The van der Waals surface area contributed by atoms with Crippen molar-refractivity contribution in [2.24, 2.45) is 0 Å². The van der Waals surface area contributed by atoms with Crippen molar-refractivity contribution in [2.75, 3.05) is 76.0 Å². The Bertz CT molecular complexity index is 2440. The Labute approximate surface area is 354 Å². The van der Waals surface area contributed by atoms with Gasteiger partial charge < -0.3 is 24.9 Å². The maximum atomic E-state index is 13.7. The van der Waals surface area contributed by atoms with Gasteiger partial charge in [0.2, 0.25) is 5.12 Å². The highest BCUT2D eigenvalue weighted by Crippen LogP contribution is 2.31. The van der Waals surface area contributed by atoms with E-state index in [0.717, 1.165) is 46.4 Å². The highest BCUT2D eigenvalue weighted by Gasteiger charge is 2.28. The second kappa shape index (κ2) is 19.2. The maximum absolute atomic E-state index is 13.7. The van der Waals surface area contributed by atoms with Crippen LogP contribution in [0, 0.1) is 10.1 Å². The van der Waals surface area contributed by atoms with Gasteiger partial charge in [0.25, 0.3) is 27.5 Å². The molecule has 16 heteroatoms. The lowest BCUT2D eigenvalue weighted by atomic mass is 9.98. The molecule has 0 unspecified atom stereocenters. The molecule has 0 spiro atoms. The molecule has 1 aliphatic heterocycles. The number of amides is 2. The number of hydrogen-bond donors (Lipinski definition) is 2. The summed E-state index contributed by atoms with van der Waals surface area (Å²) in [6.07, 6.45) is 0.330. The molecule has 0 aliphatic carbocycles. The molecule has 1 atom stereocenters. The highest BCUT2D eigenvalue weighted by atomic mass is 32.2. The topological polar surface area (TPSA) is 166 Å². The van der Waals surface area contributed by atoms with Gasteiger partial charge in [0, 0.05) is 73.7 Å². The number of thioether (sulfide) groups is 1. The van der Waals surface area contributed by atoms with Crippen LogP contribution in [0.4, 0.5) is 22.7 Å². The quantitative estimate of drug-likeness (QED) is 0.0672. The number of carbonyl (C=O) groups is 3. The molecule has 5 aromatic carbocycles. The summed E-state index contributed by atoms with van der Waals surface area (Å²) in [6, 6.07) is 33.5. The van der Waals surface area contributed by atoms with Crippen LogP contribution >= 0.6 is 11.8 Å². The van der Waals surface area contributed by atoms with E-state index in [1.807, 2.05) is 102 Å². The third-order valence-corrected chi connectivity index (χ3v) is 12.4. The molecule has 0 radical (unpaired) electrons. The molecule has 2 N–H and O–H groups in total. The number of rotatable bonds is 15. The lowest BCUT2D eigenvalue weighted by Gasteiger charge is -2.36. The SMILES string of the molecule is CN(C)CC[C@@H](Nc1ccc(S(=O)(=O)NC(=O)c2ccc(N3CCN(C(=O)c4ccccc4-c4ccc(N(C)C)cc4)CC3)cc2)cc1[N+](=O)[O-])C(=O)Sc1ccccc1. The van der Waals surface area contributed by atoms with Crippen molar-refractivity contribution in [2.45, 2.75) is 22.3 Å². The Balaban J connectivity index is 1.08. The Morgan fingerprint density at radius 3 is 2.10 bits per heavy atom. The molecule has 0 saturated carbocycles. The normalized spacial score (nSPS) is 13.4. The van der Waals surface area contributed by atoms with Crippen molar-refractivity contribution in [3.8, 4) is 11.1 Å². The molecule has 14 nitrogen and oxygen atoms in total. The fourth-order valence-corrected chi connectivity index (χ4v) is 8.55. The number of piperazine rings is 1. The summed E-state index contributed by atoms with van der Waals surface area (Å²) in [7, 11) is 3.11. The summed E-state index contributed by atoms with van der Waals surface area (Å²) in [5, 5.41) is 14.9. The standard InChI is InChI=1S/C44H47N7O7S2/c1-47(2)25-24-40(44(54)59-35-10-6-5-7-11-35)45-39-23-22-36(30-41(39)51(55)56)60(57,58)46-42(52)32-16-20-34(21-17-32)49-26-28-50(29-27-49)43(53)38-13-9-8-12-37(38)31-14-18-33(19-15-31)48(3)4/h5-23,30,40,45H,24-29H2,1-4H3,(H,46,52)/t40-/m1/s1. The van der Waals surface area contributed by atoms with Gasteiger partial charge >= 0.3 is 0 Å². The summed E-state index contributed by atoms with van der Waals surface area (Å²) in [6.45, 7) is 2.56. The van der Waals surface area contributed by atoms with Crippen molar-refractivity contribution in [1.82, 2.24) is 14.5 Å². The van der Waals surface area contributed by atoms with E-state index in [9.17, 15) is 32.9 Å². The third-order valence-electron chi connectivity index (χ3n) is 10.1. The zero-order valence-corrected chi connectivity index (χ0v) is 35.4. The van der Waals surface area contributed by atoms with E-state index in [1.165, 1.54) is 18.2 Å². The van der Waals surface area contributed by atoms with Gasteiger partial charge in [0.1, 0.15) is 5.69 Å².